The highest BCUT2D eigenvalue weighted by atomic mass is 32.2. The molecule has 4 rings (SSSR count). The van der Waals surface area contributed by atoms with E-state index in [9.17, 15) is 13.2 Å². The SMILES string of the molecule is Cc1nn(-c2ccccc2)c(C)c1CC(=O)Nc1cccc(S(=O)(=O)NC2=NCCC2)c1. The van der Waals surface area contributed by atoms with Crippen molar-refractivity contribution in [2.24, 2.45) is 4.99 Å². The predicted octanol–water partition coefficient (Wildman–Crippen LogP) is 3.14. The first-order valence-corrected chi connectivity index (χ1v) is 11.9. The van der Waals surface area contributed by atoms with Crippen molar-refractivity contribution >= 4 is 27.5 Å². The summed E-state index contributed by atoms with van der Waals surface area (Å²) in [4.78, 5) is 17.0. The minimum absolute atomic E-state index is 0.0779. The number of nitrogens with zero attached hydrogens (tertiary/aromatic N) is 3. The van der Waals surface area contributed by atoms with E-state index in [1.807, 2.05) is 48.9 Å². The first kappa shape index (κ1) is 21.8. The number of para-hydroxylation sites is 1. The van der Waals surface area contributed by atoms with E-state index in [1.165, 1.54) is 12.1 Å². The van der Waals surface area contributed by atoms with Gasteiger partial charge in [-0.3, -0.25) is 14.5 Å². The van der Waals surface area contributed by atoms with Crippen molar-refractivity contribution < 1.29 is 13.2 Å². The van der Waals surface area contributed by atoms with Gasteiger partial charge in [0.15, 0.2) is 0 Å². The van der Waals surface area contributed by atoms with E-state index in [0.29, 0.717) is 24.5 Å². The highest BCUT2D eigenvalue weighted by molar-refractivity contribution is 7.90. The van der Waals surface area contributed by atoms with Gasteiger partial charge in [0.2, 0.25) is 5.91 Å². The number of rotatable bonds is 6. The van der Waals surface area contributed by atoms with Crippen molar-refractivity contribution in [1.82, 2.24) is 14.5 Å². The average molecular weight is 452 g/mol. The Hall–Kier alpha value is -3.46. The Morgan fingerprint density at radius 2 is 1.88 bits per heavy atom. The molecule has 0 fully saturated rings. The molecule has 9 heteroatoms. The Morgan fingerprint density at radius 3 is 2.59 bits per heavy atom. The maximum absolute atomic E-state index is 12.7. The molecule has 0 spiro atoms. The molecule has 3 aromatic rings. The van der Waals surface area contributed by atoms with Gasteiger partial charge in [0.1, 0.15) is 5.84 Å². The number of nitrogens with one attached hydrogen (secondary N) is 2. The summed E-state index contributed by atoms with van der Waals surface area (Å²) in [6, 6.07) is 15.9. The molecule has 1 amide bonds. The molecule has 2 N–H and O–H groups in total. The van der Waals surface area contributed by atoms with Crippen LogP contribution in [-0.4, -0.2) is 36.5 Å². The molecule has 166 valence electrons. The molecule has 1 aliphatic heterocycles. The van der Waals surface area contributed by atoms with Crippen LogP contribution in [0.15, 0.2) is 64.5 Å². The van der Waals surface area contributed by atoms with E-state index in [2.05, 4.69) is 20.1 Å². The fourth-order valence-electron chi connectivity index (χ4n) is 3.70. The lowest BCUT2D eigenvalue weighted by molar-refractivity contribution is -0.115. The van der Waals surface area contributed by atoms with E-state index in [0.717, 1.165) is 29.1 Å². The van der Waals surface area contributed by atoms with Crippen LogP contribution in [0, 0.1) is 13.8 Å². The number of amidine groups is 1. The van der Waals surface area contributed by atoms with Gasteiger partial charge in [-0.25, -0.2) is 13.1 Å². The van der Waals surface area contributed by atoms with Crippen molar-refractivity contribution in [3.63, 3.8) is 0 Å². The lowest BCUT2D eigenvalue weighted by Crippen LogP contribution is -2.29. The van der Waals surface area contributed by atoms with Gasteiger partial charge in [0, 0.05) is 29.9 Å². The predicted molar refractivity (Wildman–Crippen MR) is 124 cm³/mol. The zero-order valence-corrected chi connectivity index (χ0v) is 18.8. The Kier molecular flexibility index (Phi) is 6.09. The van der Waals surface area contributed by atoms with Crippen LogP contribution >= 0.6 is 0 Å². The van der Waals surface area contributed by atoms with Crippen LogP contribution in [0.1, 0.15) is 29.8 Å². The second kappa shape index (κ2) is 8.96. The maximum Gasteiger partial charge on any atom is 0.262 e. The van der Waals surface area contributed by atoms with Gasteiger partial charge >= 0.3 is 0 Å². The second-order valence-electron chi connectivity index (χ2n) is 7.69. The number of hydrogen-bond donors (Lipinski definition) is 2. The molecule has 1 aliphatic rings. The monoisotopic (exact) mass is 451 g/mol. The van der Waals surface area contributed by atoms with Crippen LogP contribution in [0.5, 0.6) is 0 Å². The smallest absolute Gasteiger partial charge is 0.262 e. The molecule has 0 radical (unpaired) electrons. The van der Waals surface area contributed by atoms with Crippen LogP contribution in [0.3, 0.4) is 0 Å². The van der Waals surface area contributed by atoms with Gasteiger partial charge in [-0.05, 0) is 50.6 Å². The lowest BCUT2D eigenvalue weighted by atomic mass is 10.1. The summed E-state index contributed by atoms with van der Waals surface area (Å²) < 4.78 is 29.6. The van der Waals surface area contributed by atoms with Crippen molar-refractivity contribution in [2.75, 3.05) is 11.9 Å². The third kappa shape index (κ3) is 4.72. The molecule has 1 aromatic heterocycles. The summed E-state index contributed by atoms with van der Waals surface area (Å²) in [5.74, 6) is 0.229. The number of anilines is 1. The van der Waals surface area contributed by atoms with Crippen molar-refractivity contribution in [3.05, 3.63) is 71.5 Å². The summed E-state index contributed by atoms with van der Waals surface area (Å²) >= 11 is 0. The van der Waals surface area contributed by atoms with Gasteiger partial charge in [-0.15, -0.1) is 0 Å². The highest BCUT2D eigenvalue weighted by Crippen LogP contribution is 2.20. The number of carbonyl (C=O) groups is 1. The summed E-state index contributed by atoms with van der Waals surface area (Å²) in [6.07, 6.45) is 1.59. The van der Waals surface area contributed by atoms with Gasteiger partial charge in [0.25, 0.3) is 10.0 Å². The number of aliphatic imine (C=N–C) groups is 1. The highest BCUT2D eigenvalue weighted by Gasteiger charge is 2.20. The summed E-state index contributed by atoms with van der Waals surface area (Å²) in [6.45, 7) is 4.44. The number of aromatic nitrogens is 2. The average Bonchev–Trinajstić information content (AvgIpc) is 3.37. The largest absolute Gasteiger partial charge is 0.326 e. The van der Waals surface area contributed by atoms with E-state index >= 15 is 0 Å². The molecule has 0 saturated carbocycles. The first-order chi connectivity index (χ1) is 15.3. The zero-order valence-electron chi connectivity index (χ0n) is 18.0. The van der Waals surface area contributed by atoms with Gasteiger partial charge < -0.3 is 5.32 Å². The van der Waals surface area contributed by atoms with E-state index in [-0.39, 0.29) is 17.2 Å². The van der Waals surface area contributed by atoms with Gasteiger partial charge in [-0.1, -0.05) is 24.3 Å². The number of benzene rings is 2. The van der Waals surface area contributed by atoms with Gasteiger partial charge in [0.05, 0.1) is 22.7 Å². The number of carbonyl (C=O) groups excluding carboxylic acids is 1. The minimum Gasteiger partial charge on any atom is -0.326 e. The first-order valence-electron chi connectivity index (χ1n) is 10.4. The van der Waals surface area contributed by atoms with Crippen LogP contribution in [0.4, 0.5) is 5.69 Å². The Labute approximate surface area is 187 Å². The fraction of sp³-hybridized carbons (Fsp3) is 0.261. The molecule has 0 atom stereocenters. The molecule has 32 heavy (non-hydrogen) atoms. The van der Waals surface area contributed by atoms with E-state index in [1.54, 1.807) is 12.1 Å². The summed E-state index contributed by atoms with van der Waals surface area (Å²) in [5, 5.41) is 7.38. The standard InChI is InChI=1S/C23H25N5O3S/c1-16-21(17(2)28(26-16)19-9-4-3-5-10-19)15-23(29)25-18-8-6-11-20(14-18)32(30,31)27-22-12-7-13-24-22/h3-6,8-11,14H,7,12-13,15H2,1-2H3,(H,24,27)(H,25,29). The van der Waals surface area contributed by atoms with Crippen LogP contribution in [0.25, 0.3) is 5.69 Å². The topological polar surface area (TPSA) is 105 Å². The molecule has 8 nitrogen and oxygen atoms in total. The summed E-state index contributed by atoms with van der Waals surface area (Å²) in [7, 11) is -3.75. The van der Waals surface area contributed by atoms with Gasteiger partial charge in [-0.2, -0.15) is 5.10 Å². The fourth-order valence-corrected chi connectivity index (χ4v) is 4.83. The molecule has 0 saturated heterocycles. The van der Waals surface area contributed by atoms with Crippen LogP contribution in [-0.2, 0) is 21.2 Å². The number of aryl methyl sites for hydroxylation is 1. The Balaban J connectivity index is 1.48. The molecular formula is C23H25N5O3S. The lowest BCUT2D eigenvalue weighted by Gasteiger charge is -2.10. The number of hydrogen-bond acceptors (Lipinski definition) is 5. The van der Waals surface area contributed by atoms with Crippen LogP contribution in [0.2, 0.25) is 0 Å². The number of sulfonamides is 1. The maximum atomic E-state index is 12.7. The Bertz CT molecular complexity index is 1280. The zero-order chi connectivity index (χ0) is 22.7. The van der Waals surface area contributed by atoms with Crippen LogP contribution < -0.4 is 10.0 Å². The third-order valence-electron chi connectivity index (χ3n) is 5.33. The normalized spacial score (nSPS) is 13.6. The molecule has 0 aliphatic carbocycles. The molecular weight excluding hydrogens is 426 g/mol. The van der Waals surface area contributed by atoms with E-state index < -0.39 is 10.0 Å². The van der Waals surface area contributed by atoms with E-state index in [4.69, 9.17) is 0 Å². The second-order valence-corrected chi connectivity index (χ2v) is 9.37. The molecule has 0 unspecified atom stereocenters. The quantitative estimate of drug-likeness (QED) is 0.601. The molecule has 0 bridgehead atoms. The van der Waals surface area contributed by atoms with Crippen molar-refractivity contribution in [3.8, 4) is 5.69 Å². The third-order valence-corrected chi connectivity index (χ3v) is 6.71. The van der Waals surface area contributed by atoms with Crippen molar-refractivity contribution in [2.45, 2.75) is 38.0 Å². The molecule has 2 heterocycles. The Morgan fingerprint density at radius 1 is 1.09 bits per heavy atom. The van der Waals surface area contributed by atoms with Crippen molar-refractivity contribution in [1.29, 1.82) is 0 Å². The summed E-state index contributed by atoms with van der Waals surface area (Å²) in [5.41, 5.74) is 3.85. The molecule has 2 aromatic carbocycles. The number of amides is 1. The minimum atomic E-state index is -3.75.